The second kappa shape index (κ2) is 7.80. The van der Waals surface area contributed by atoms with Gasteiger partial charge in [0.25, 0.3) is 0 Å². The number of halogens is 3. The molecule has 0 radical (unpaired) electrons. The van der Waals surface area contributed by atoms with Gasteiger partial charge in [-0.05, 0) is 42.6 Å². The molecule has 0 aliphatic carbocycles. The molecule has 0 fully saturated rings. The van der Waals surface area contributed by atoms with Gasteiger partial charge in [0.2, 0.25) is 0 Å². The zero-order chi connectivity index (χ0) is 15.2. The molecule has 0 aromatic heterocycles. The molecule has 1 aromatic carbocycles. The van der Waals surface area contributed by atoms with E-state index in [2.05, 4.69) is 0 Å². The molecule has 20 heavy (non-hydrogen) atoms. The van der Waals surface area contributed by atoms with E-state index in [1.165, 1.54) is 0 Å². The lowest BCUT2D eigenvalue weighted by atomic mass is 10.1. The van der Waals surface area contributed by atoms with E-state index < -0.39 is 26.0 Å². The van der Waals surface area contributed by atoms with Gasteiger partial charge in [-0.1, -0.05) is 13.3 Å². The molecule has 2 nitrogen and oxygen atoms in total. The van der Waals surface area contributed by atoms with Crippen LogP contribution in [0.25, 0.3) is 0 Å². The van der Waals surface area contributed by atoms with Crippen molar-refractivity contribution in [2.75, 3.05) is 14.2 Å². The summed E-state index contributed by atoms with van der Waals surface area (Å²) in [5.74, 6) is -3.68. The highest BCUT2D eigenvalue weighted by Crippen LogP contribution is 2.21. The smallest absolute Gasteiger partial charge is 0.337 e. The van der Waals surface area contributed by atoms with Crippen LogP contribution in [-0.2, 0) is 15.3 Å². The number of aryl methyl sites for hydroxylation is 1. The number of benzene rings is 1. The van der Waals surface area contributed by atoms with Gasteiger partial charge in [-0.25, -0.2) is 13.2 Å². The molecule has 0 unspecified atom stereocenters. The van der Waals surface area contributed by atoms with E-state index in [9.17, 15) is 13.2 Å². The summed E-state index contributed by atoms with van der Waals surface area (Å²) in [6, 6.07) is 3.80. The Hall–Kier alpha value is -0.853. The second-order valence-corrected chi connectivity index (χ2v) is 8.60. The van der Waals surface area contributed by atoms with Gasteiger partial charge in [0.1, 0.15) is 0 Å². The van der Waals surface area contributed by atoms with E-state index in [1.807, 2.05) is 6.92 Å². The molecular formula is C14H21F3O2Si. The van der Waals surface area contributed by atoms with Crippen LogP contribution in [0.4, 0.5) is 13.2 Å². The third-order valence-corrected chi connectivity index (χ3v) is 7.28. The van der Waals surface area contributed by atoms with Gasteiger partial charge < -0.3 is 8.85 Å². The molecule has 1 rings (SSSR count). The minimum Gasteiger partial charge on any atom is -0.398 e. The SMILES string of the molecule is CC[Si](CCCCc1cc(F)c(F)c(F)c1)(OC)OC. The summed E-state index contributed by atoms with van der Waals surface area (Å²) in [6.45, 7) is 2.03. The molecule has 6 heteroatoms. The molecule has 0 amide bonds. The molecule has 0 N–H and O–H groups in total. The van der Waals surface area contributed by atoms with Crippen molar-refractivity contribution in [1.82, 2.24) is 0 Å². The Labute approximate surface area is 119 Å². The van der Waals surface area contributed by atoms with Gasteiger partial charge in [-0.2, -0.15) is 0 Å². The van der Waals surface area contributed by atoms with Crippen molar-refractivity contribution in [2.24, 2.45) is 0 Å². The summed E-state index contributed by atoms with van der Waals surface area (Å²) < 4.78 is 49.9. The fourth-order valence-electron chi connectivity index (χ4n) is 2.23. The Bertz CT molecular complexity index is 405. The van der Waals surface area contributed by atoms with E-state index >= 15 is 0 Å². The molecule has 0 atom stereocenters. The van der Waals surface area contributed by atoms with Gasteiger partial charge >= 0.3 is 8.56 Å². The van der Waals surface area contributed by atoms with Crippen molar-refractivity contribution in [1.29, 1.82) is 0 Å². The molecule has 0 spiro atoms. The van der Waals surface area contributed by atoms with Crippen LogP contribution in [0.1, 0.15) is 25.3 Å². The summed E-state index contributed by atoms with van der Waals surface area (Å²) in [4.78, 5) is 0. The van der Waals surface area contributed by atoms with Crippen molar-refractivity contribution < 1.29 is 22.0 Å². The quantitative estimate of drug-likeness (QED) is 0.407. The van der Waals surface area contributed by atoms with Crippen LogP contribution >= 0.6 is 0 Å². The maximum atomic E-state index is 13.1. The summed E-state index contributed by atoms with van der Waals surface area (Å²) in [5, 5.41) is 0. The van der Waals surface area contributed by atoms with E-state index in [1.54, 1.807) is 14.2 Å². The fourth-order valence-corrected chi connectivity index (χ4v) is 4.52. The molecule has 0 heterocycles. The third kappa shape index (κ3) is 4.33. The summed E-state index contributed by atoms with van der Waals surface area (Å²) in [7, 11) is 1.22. The van der Waals surface area contributed by atoms with Crippen molar-refractivity contribution >= 4 is 8.56 Å². The summed E-state index contributed by atoms with van der Waals surface area (Å²) >= 11 is 0. The Morgan fingerprint density at radius 1 is 1.00 bits per heavy atom. The van der Waals surface area contributed by atoms with Crippen molar-refractivity contribution in [3.8, 4) is 0 Å². The normalized spacial score (nSPS) is 11.9. The molecule has 0 saturated heterocycles. The number of hydrogen-bond acceptors (Lipinski definition) is 2. The first-order chi connectivity index (χ1) is 9.48. The Morgan fingerprint density at radius 2 is 1.55 bits per heavy atom. The predicted octanol–water partition coefficient (Wildman–Crippen LogP) is 4.18. The van der Waals surface area contributed by atoms with Crippen LogP contribution < -0.4 is 0 Å². The molecule has 0 saturated carbocycles. The first kappa shape index (κ1) is 17.2. The van der Waals surface area contributed by atoms with Crippen LogP contribution in [0.5, 0.6) is 0 Å². The van der Waals surface area contributed by atoms with Crippen LogP contribution in [0.3, 0.4) is 0 Å². The van der Waals surface area contributed by atoms with E-state index in [0.717, 1.165) is 37.1 Å². The second-order valence-electron chi connectivity index (χ2n) is 4.75. The van der Waals surface area contributed by atoms with Crippen LogP contribution in [-0.4, -0.2) is 22.8 Å². The average molecular weight is 306 g/mol. The summed E-state index contributed by atoms with van der Waals surface area (Å²) in [6.07, 6.45) is 2.12. The minimum atomic E-state index is -2.09. The first-order valence-electron chi connectivity index (χ1n) is 6.71. The highest BCUT2D eigenvalue weighted by molar-refractivity contribution is 6.67. The van der Waals surface area contributed by atoms with Gasteiger partial charge in [-0.15, -0.1) is 0 Å². The highest BCUT2D eigenvalue weighted by Gasteiger charge is 2.32. The largest absolute Gasteiger partial charge is 0.398 e. The van der Waals surface area contributed by atoms with Gasteiger partial charge in [0.05, 0.1) is 0 Å². The Balaban J connectivity index is 2.49. The van der Waals surface area contributed by atoms with E-state index in [0.29, 0.717) is 12.0 Å². The topological polar surface area (TPSA) is 18.5 Å². The highest BCUT2D eigenvalue weighted by atomic mass is 28.4. The Kier molecular flexibility index (Phi) is 6.71. The first-order valence-corrected chi connectivity index (χ1v) is 8.94. The van der Waals surface area contributed by atoms with Gasteiger partial charge in [-0.3, -0.25) is 0 Å². The molecular weight excluding hydrogens is 285 g/mol. The van der Waals surface area contributed by atoms with Crippen molar-refractivity contribution in [2.45, 2.75) is 38.3 Å². The van der Waals surface area contributed by atoms with Crippen LogP contribution in [0.2, 0.25) is 12.1 Å². The van der Waals surface area contributed by atoms with E-state index in [-0.39, 0.29) is 0 Å². The van der Waals surface area contributed by atoms with Crippen molar-refractivity contribution in [3.05, 3.63) is 35.1 Å². The number of unbranched alkanes of at least 4 members (excludes halogenated alkanes) is 1. The Morgan fingerprint density at radius 3 is 2.00 bits per heavy atom. The molecule has 1 aromatic rings. The minimum absolute atomic E-state index is 0.472. The monoisotopic (exact) mass is 306 g/mol. The molecule has 114 valence electrons. The standard InChI is InChI=1S/C14H21F3O2Si/c1-4-20(18-2,19-3)8-6-5-7-11-9-12(15)14(17)13(16)10-11/h9-10H,4-8H2,1-3H3. The zero-order valence-electron chi connectivity index (χ0n) is 12.1. The lowest BCUT2D eigenvalue weighted by Crippen LogP contribution is -2.38. The fraction of sp³-hybridized carbons (Fsp3) is 0.571. The molecule has 0 aliphatic rings. The zero-order valence-corrected chi connectivity index (χ0v) is 13.1. The van der Waals surface area contributed by atoms with E-state index in [4.69, 9.17) is 8.85 Å². The molecule has 0 aliphatic heterocycles. The van der Waals surface area contributed by atoms with Crippen LogP contribution in [0.15, 0.2) is 12.1 Å². The van der Waals surface area contributed by atoms with Crippen LogP contribution in [0, 0.1) is 17.5 Å². The predicted molar refractivity (Wildman–Crippen MR) is 74.3 cm³/mol. The van der Waals surface area contributed by atoms with Gasteiger partial charge in [0, 0.05) is 14.2 Å². The maximum absolute atomic E-state index is 13.1. The lowest BCUT2D eigenvalue weighted by molar-refractivity contribution is 0.241. The van der Waals surface area contributed by atoms with Crippen molar-refractivity contribution in [3.63, 3.8) is 0 Å². The number of hydrogen-bond donors (Lipinski definition) is 0. The van der Waals surface area contributed by atoms with Gasteiger partial charge in [0.15, 0.2) is 17.5 Å². The lowest BCUT2D eigenvalue weighted by Gasteiger charge is -2.25. The average Bonchev–Trinajstić information content (AvgIpc) is 2.45. The summed E-state index contributed by atoms with van der Waals surface area (Å²) in [5.41, 5.74) is 0.472. The third-order valence-electron chi connectivity index (χ3n) is 3.60. The maximum Gasteiger partial charge on any atom is 0.337 e. The number of rotatable bonds is 8. The molecule has 0 bridgehead atoms.